The van der Waals surface area contributed by atoms with Crippen LogP contribution in [0.1, 0.15) is 11.4 Å². The van der Waals surface area contributed by atoms with Crippen LogP contribution >= 0.6 is 0 Å². The number of hydrogen-bond acceptors (Lipinski definition) is 3. The Morgan fingerprint density at radius 1 is 0.944 bits per heavy atom. The van der Waals surface area contributed by atoms with Gasteiger partial charge < -0.3 is 4.74 Å². The zero-order chi connectivity index (χ0) is 13.3. The first-order valence-electron chi connectivity index (χ1n) is 5.36. The summed E-state index contributed by atoms with van der Waals surface area (Å²) >= 11 is 0. The van der Waals surface area contributed by atoms with Crippen molar-refractivity contribution in [3.8, 4) is 16.9 Å². The number of ether oxygens (including phenoxy) is 1. The van der Waals surface area contributed by atoms with Crippen LogP contribution in [0.5, 0.6) is 5.75 Å². The number of benzene rings is 1. The van der Waals surface area contributed by atoms with Gasteiger partial charge in [0.25, 0.3) is 0 Å². The monoisotopic (exact) mass is 250 g/mol. The molecule has 0 N–H and O–H groups in total. The Hall–Kier alpha value is -2.04. The van der Waals surface area contributed by atoms with Crippen molar-refractivity contribution in [2.75, 3.05) is 7.11 Å². The standard InChI is InChI=1S/C13H12F2N2O/c1-7-12(8(2)17-6-16-7)13-10(14)4-9(18-3)5-11(13)15/h4-6H,1-3H3. The fraction of sp³-hybridized carbons (Fsp3) is 0.231. The predicted molar refractivity (Wildman–Crippen MR) is 63.4 cm³/mol. The Balaban J connectivity index is 2.72. The van der Waals surface area contributed by atoms with Gasteiger partial charge in [0, 0.05) is 29.1 Å². The Labute approximate surface area is 103 Å². The van der Waals surface area contributed by atoms with E-state index in [2.05, 4.69) is 9.97 Å². The molecule has 0 bridgehead atoms. The highest BCUT2D eigenvalue weighted by Crippen LogP contribution is 2.32. The first-order valence-corrected chi connectivity index (χ1v) is 5.36. The minimum absolute atomic E-state index is 0.119. The fourth-order valence-corrected chi connectivity index (χ4v) is 1.86. The Morgan fingerprint density at radius 3 is 1.89 bits per heavy atom. The maximum absolute atomic E-state index is 14.0. The molecule has 5 heteroatoms. The Kier molecular flexibility index (Phi) is 3.23. The molecule has 0 saturated carbocycles. The van der Waals surface area contributed by atoms with E-state index < -0.39 is 11.6 Å². The summed E-state index contributed by atoms with van der Waals surface area (Å²) in [4.78, 5) is 7.93. The number of methoxy groups -OCH3 is 1. The van der Waals surface area contributed by atoms with Gasteiger partial charge in [0.1, 0.15) is 23.7 Å². The molecule has 0 fully saturated rings. The molecule has 1 aromatic carbocycles. The van der Waals surface area contributed by atoms with Gasteiger partial charge in [-0.1, -0.05) is 0 Å². The number of aromatic nitrogens is 2. The second-order valence-electron chi connectivity index (χ2n) is 3.89. The van der Waals surface area contributed by atoms with Crippen LogP contribution < -0.4 is 4.74 Å². The van der Waals surface area contributed by atoms with Crippen LogP contribution in [0.4, 0.5) is 8.78 Å². The van der Waals surface area contributed by atoms with Crippen molar-refractivity contribution >= 4 is 0 Å². The van der Waals surface area contributed by atoms with Crippen molar-refractivity contribution in [3.63, 3.8) is 0 Å². The number of aryl methyl sites for hydroxylation is 2. The molecule has 94 valence electrons. The molecule has 0 atom stereocenters. The van der Waals surface area contributed by atoms with Crippen LogP contribution in [0.3, 0.4) is 0 Å². The van der Waals surface area contributed by atoms with E-state index in [0.717, 1.165) is 12.1 Å². The quantitative estimate of drug-likeness (QED) is 0.821. The molecule has 0 amide bonds. The van der Waals surface area contributed by atoms with Crippen LogP contribution in [0.2, 0.25) is 0 Å². The van der Waals surface area contributed by atoms with Gasteiger partial charge in [-0.2, -0.15) is 0 Å². The molecule has 0 aliphatic carbocycles. The summed E-state index contributed by atoms with van der Waals surface area (Å²) in [6.07, 6.45) is 1.37. The second kappa shape index (κ2) is 4.68. The lowest BCUT2D eigenvalue weighted by Gasteiger charge is -2.11. The lowest BCUT2D eigenvalue weighted by Crippen LogP contribution is -2.00. The molecule has 2 aromatic rings. The Morgan fingerprint density at radius 2 is 1.44 bits per heavy atom. The highest BCUT2D eigenvalue weighted by Gasteiger charge is 2.18. The van der Waals surface area contributed by atoms with E-state index in [0.29, 0.717) is 17.0 Å². The zero-order valence-corrected chi connectivity index (χ0v) is 10.3. The molecule has 1 aromatic heterocycles. The summed E-state index contributed by atoms with van der Waals surface area (Å²) in [7, 11) is 1.36. The van der Waals surface area contributed by atoms with Crippen molar-refractivity contribution in [2.24, 2.45) is 0 Å². The maximum atomic E-state index is 14.0. The third-order valence-electron chi connectivity index (χ3n) is 2.73. The highest BCUT2D eigenvalue weighted by atomic mass is 19.1. The van der Waals surface area contributed by atoms with Crippen LogP contribution in [-0.2, 0) is 0 Å². The van der Waals surface area contributed by atoms with Gasteiger partial charge in [-0.25, -0.2) is 18.7 Å². The van der Waals surface area contributed by atoms with Gasteiger partial charge in [0.2, 0.25) is 0 Å². The van der Waals surface area contributed by atoms with Gasteiger partial charge >= 0.3 is 0 Å². The smallest absolute Gasteiger partial charge is 0.137 e. The first-order chi connectivity index (χ1) is 8.54. The predicted octanol–water partition coefficient (Wildman–Crippen LogP) is 3.05. The molecule has 3 nitrogen and oxygen atoms in total. The minimum atomic E-state index is -0.687. The average Bonchev–Trinajstić information content (AvgIpc) is 2.31. The zero-order valence-electron chi connectivity index (χ0n) is 10.3. The van der Waals surface area contributed by atoms with E-state index >= 15 is 0 Å². The Bertz CT molecular complexity index is 556. The summed E-state index contributed by atoms with van der Waals surface area (Å²) in [5, 5.41) is 0. The molecule has 0 radical (unpaired) electrons. The average molecular weight is 250 g/mol. The summed E-state index contributed by atoms with van der Waals surface area (Å²) in [5.74, 6) is -1.23. The first kappa shape index (κ1) is 12.4. The molecular formula is C13H12F2N2O. The highest BCUT2D eigenvalue weighted by molar-refractivity contribution is 5.69. The number of rotatable bonds is 2. The van der Waals surface area contributed by atoms with Crippen LogP contribution in [0, 0.1) is 25.5 Å². The molecule has 18 heavy (non-hydrogen) atoms. The molecule has 0 saturated heterocycles. The van der Waals surface area contributed by atoms with E-state index in [-0.39, 0.29) is 11.3 Å². The third-order valence-corrected chi connectivity index (χ3v) is 2.73. The van der Waals surface area contributed by atoms with Crippen molar-refractivity contribution in [1.82, 2.24) is 9.97 Å². The minimum Gasteiger partial charge on any atom is -0.497 e. The molecule has 0 unspecified atom stereocenters. The fourth-order valence-electron chi connectivity index (χ4n) is 1.86. The topological polar surface area (TPSA) is 35.0 Å². The van der Waals surface area contributed by atoms with Crippen molar-refractivity contribution < 1.29 is 13.5 Å². The second-order valence-corrected chi connectivity index (χ2v) is 3.89. The van der Waals surface area contributed by atoms with Gasteiger partial charge in [-0.3, -0.25) is 0 Å². The third kappa shape index (κ3) is 2.03. The van der Waals surface area contributed by atoms with Crippen molar-refractivity contribution in [1.29, 1.82) is 0 Å². The molecular weight excluding hydrogens is 238 g/mol. The lowest BCUT2D eigenvalue weighted by atomic mass is 10.0. The van der Waals surface area contributed by atoms with Gasteiger partial charge in [-0.15, -0.1) is 0 Å². The van der Waals surface area contributed by atoms with Crippen LogP contribution in [-0.4, -0.2) is 17.1 Å². The van der Waals surface area contributed by atoms with Crippen molar-refractivity contribution in [3.05, 3.63) is 41.5 Å². The van der Waals surface area contributed by atoms with E-state index in [4.69, 9.17) is 4.74 Å². The lowest BCUT2D eigenvalue weighted by molar-refractivity contribution is 0.407. The summed E-state index contributed by atoms with van der Waals surface area (Å²) in [6.45, 7) is 3.38. The molecule has 0 aliphatic heterocycles. The van der Waals surface area contributed by atoms with Gasteiger partial charge in [0.15, 0.2) is 0 Å². The summed E-state index contributed by atoms with van der Waals surface area (Å²) in [6, 6.07) is 2.29. The SMILES string of the molecule is COc1cc(F)c(-c2c(C)ncnc2C)c(F)c1. The van der Waals surface area contributed by atoms with Gasteiger partial charge in [-0.05, 0) is 13.8 Å². The number of nitrogens with zero attached hydrogens (tertiary/aromatic N) is 2. The van der Waals surface area contributed by atoms with Crippen LogP contribution in [0.15, 0.2) is 18.5 Å². The van der Waals surface area contributed by atoms with Crippen molar-refractivity contribution in [2.45, 2.75) is 13.8 Å². The molecule has 0 spiro atoms. The normalized spacial score (nSPS) is 10.5. The maximum Gasteiger partial charge on any atom is 0.137 e. The van der Waals surface area contributed by atoms with E-state index in [9.17, 15) is 8.78 Å². The molecule has 0 aliphatic rings. The summed E-state index contributed by atoms with van der Waals surface area (Å²) < 4.78 is 32.8. The van der Waals surface area contributed by atoms with Crippen LogP contribution in [0.25, 0.3) is 11.1 Å². The number of hydrogen-bond donors (Lipinski definition) is 0. The van der Waals surface area contributed by atoms with E-state index in [1.807, 2.05) is 0 Å². The summed E-state index contributed by atoms with van der Waals surface area (Å²) in [5.41, 5.74) is 1.33. The number of halogens is 2. The molecule has 2 rings (SSSR count). The largest absolute Gasteiger partial charge is 0.497 e. The van der Waals surface area contributed by atoms with E-state index in [1.165, 1.54) is 13.4 Å². The van der Waals surface area contributed by atoms with Gasteiger partial charge in [0.05, 0.1) is 12.7 Å². The van der Waals surface area contributed by atoms with E-state index in [1.54, 1.807) is 13.8 Å². The molecule has 1 heterocycles.